The molecule has 1 aromatic heterocycles. The van der Waals surface area contributed by atoms with Gasteiger partial charge in [0.2, 0.25) is 0 Å². The maximum atomic E-state index is 13.1. The summed E-state index contributed by atoms with van der Waals surface area (Å²) >= 11 is 3.19. The van der Waals surface area contributed by atoms with Gasteiger partial charge in [0.15, 0.2) is 0 Å². The van der Waals surface area contributed by atoms with Crippen LogP contribution in [0, 0.1) is 19.7 Å². The van der Waals surface area contributed by atoms with E-state index >= 15 is 0 Å². The van der Waals surface area contributed by atoms with Crippen LogP contribution >= 0.6 is 15.9 Å². The number of carboxylic acid groups (broad SMARTS) is 1. The molecule has 1 heterocycles. The summed E-state index contributed by atoms with van der Waals surface area (Å²) in [6.45, 7) is 3.12. The minimum Gasteiger partial charge on any atom is -0.478 e. The third kappa shape index (κ3) is 2.38. The zero-order chi connectivity index (χ0) is 15.0. The molecule has 1 N–H and O–H groups in total. The van der Waals surface area contributed by atoms with Crippen LogP contribution < -0.4 is 5.56 Å². The maximum Gasteiger partial charge on any atom is 0.337 e. The molecule has 2 aromatic rings. The van der Waals surface area contributed by atoms with Gasteiger partial charge in [-0.1, -0.05) is 0 Å². The van der Waals surface area contributed by atoms with Crippen molar-refractivity contribution in [2.75, 3.05) is 0 Å². The van der Waals surface area contributed by atoms with Crippen molar-refractivity contribution in [1.29, 1.82) is 0 Å². The standard InChI is InChI=1S/C14H11BrFNO3/c1-7-5-12(18)17(8(2)13(7)14(19)20)11-4-3-9(16)6-10(11)15/h3-6H,1-2H3,(H,19,20). The van der Waals surface area contributed by atoms with Crippen molar-refractivity contribution in [3.05, 3.63) is 61.7 Å². The summed E-state index contributed by atoms with van der Waals surface area (Å²) < 4.78 is 14.8. The fourth-order valence-corrected chi connectivity index (χ4v) is 2.70. The fraction of sp³-hybridized carbons (Fsp3) is 0.143. The Balaban J connectivity index is 2.84. The van der Waals surface area contributed by atoms with E-state index < -0.39 is 11.8 Å². The van der Waals surface area contributed by atoms with Gasteiger partial charge in [0, 0.05) is 16.2 Å². The number of rotatable bonds is 2. The van der Waals surface area contributed by atoms with Crippen LogP contribution in [0.15, 0.2) is 33.5 Å². The lowest BCUT2D eigenvalue weighted by atomic mass is 10.1. The van der Waals surface area contributed by atoms with Gasteiger partial charge in [-0.05, 0) is 53.5 Å². The van der Waals surface area contributed by atoms with E-state index in [2.05, 4.69) is 15.9 Å². The summed E-state index contributed by atoms with van der Waals surface area (Å²) in [7, 11) is 0. The van der Waals surface area contributed by atoms with Crippen molar-refractivity contribution in [2.45, 2.75) is 13.8 Å². The largest absolute Gasteiger partial charge is 0.478 e. The molecule has 0 saturated heterocycles. The number of pyridine rings is 1. The van der Waals surface area contributed by atoms with Gasteiger partial charge in [-0.2, -0.15) is 0 Å². The first-order chi connectivity index (χ1) is 9.32. The van der Waals surface area contributed by atoms with E-state index in [1.165, 1.54) is 28.8 Å². The van der Waals surface area contributed by atoms with Crippen LogP contribution in [-0.4, -0.2) is 15.6 Å². The highest BCUT2D eigenvalue weighted by atomic mass is 79.9. The van der Waals surface area contributed by atoms with Crippen LogP contribution in [-0.2, 0) is 0 Å². The van der Waals surface area contributed by atoms with Gasteiger partial charge in [0.1, 0.15) is 5.82 Å². The Hall–Kier alpha value is -1.95. The van der Waals surface area contributed by atoms with E-state index in [0.717, 1.165) is 0 Å². The summed E-state index contributed by atoms with van der Waals surface area (Å²) in [6.07, 6.45) is 0. The molecule has 0 unspecified atom stereocenters. The molecule has 104 valence electrons. The van der Waals surface area contributed by atoms with E-state index in [0.29, 0.717) is 21.4 Å². The third-order valence-electron chi connectivity index (χ3n) is 3.02. The number of hydrogen-bond acceptors (Lipinski definition) is 2. The van der Waals surface area contributed by atoms with Gasteiger partial charge in [-0.3, -0.25) is 9.36 Å². The number of aromatic nitrogens is 1. The summed E-state index contributed by atoms with van der Waals surface area (Å²) in [5.74, 6) is -1.55. The average Bonchev–Trinajstić information content (AvgIpc) is 2.30. The van der Waals surface area contributed by atoms with Crippen molar-refractivity contribution < 1.29 is 14.3 Å². The molecule has 0 saturated carbocycles. The topological polar surface area (TPSA) is 59.3 Å². The second kappa shape index (κ2) is 5.20. The molecule has 4 nitrogen and oxygen atoms in total. The van der Waals surface area contributed by atoms with Crippen molar-refractivity contribution in [2.24, 2.45) is 0 Å². The van der Waals surface area contributed by atoms with Crippen LogP contribution in [0.25, 0.3) is 5.69 Å². The van der Waals surface area contributed by atoms with Crippen molar-refractivity contribution in [1.82, 2.24) is 4.57 Å². The van der Waals surface area contributed by atoms with E-state index in [4.69, 9.17) is 0 Å². The molecular formula is C14H11BrFNO3. The molecule has 0 atom stereocenters. The highest BCUT2D eigenvalue weighted by Gasteiger charge is 2.18. The number of carboxylic acids is 1. The predicted octanol–water partition coefficient (Wildman–Crippen LogP) is 3.05. The summed E-state index contributed by atoms with van der Waals surface area (Å²) in [5.41, 5.74) is 0.804. The molecule has 0 amide bonds. The summed E-state index contributed by atoms with van der Waals surface area (Å²) in [6, 6.07) is 5.12. The van der Waals surface area contributed by atoms with Crippen molar-refractivity contribution >= 4 is 21.9 Å². The smallest absolute Gasteiger partial charge is 0.337 e. The third-order valence-corrected chi connectivity index (χ3v) is 3.65. The molecule has 0 bridgehead atoms. The molecule has 0 radical (unpaired) electrons. The lowest BCUT2D eigenvalue weighted by Crippen LogP contribution is -2.24. The van der Waals surface area contributed by atoms with Gasteiger partial charge >= 0.3 is 5.97 Å². The lowest BCUT2D eigenvalue weighted by molar-refractivity contribution is 0.0694. The fourth-order valence-electron chi connectivity index (χ4n) is 2.17. The van der Waals surface area contributed by atoms with Gasteiger partial charge in [0.25, 0.3) is 5.56 Å². The van der Waals surface area contributed by atoms with Gasteiger partial charge in [0.05, 0.1) is 11.3 Å². The zero-order valence-electron chi connectivity index (χ0n) is 10.8. The first kappa shape index (κ1) is 14.5. The normalized spacial score (nSPS) is 10.6. The second-order valence-corrected chi connectivity index (χ2v) is 5.22. The molecule has 0 spiro atoms. The number of nitrogens with zero attached hydrogens (tertiary/aromatic N) is 1. The molecular weight excluding hydrogens is 329 g/mol. The minimum atomic E-state index is -1.10. The van der Waals surface area contributed by atoms with Crippen LogP contribution in [0.5, 0.6) is 0 Å². The molecule has 2 rings (SSSR count). The van der Waals surface area contributed by atoms with Gasteiger partial charge < -0.3 is 5.11 Å². The van der Waals surface area contributed by atoms with Gasteiger partial charge in [-0.15, -0.1) is 0 Å². The molecule has 20 heavy (non-hydrogen) atoms. The summed E-state index contributed by atoms with van der Waals surface area (Å²) in [5, 5.41) is 9.24. The average molecular weight is 340 g/mol. The Morgan fingerprint density at radius 2 is 1.95 bits per heavy atom. The Labute approximate surface area is 122 Å². The predicted molar refractivity (Wildman–Crippen MR) is 76.1 cm³/mol. The number of aryl methyl sites for hydroxylation is 1. The molecule has 1 aromatic carbocycles. The first-order valence-electron chi connectivity index (χ1n) is 5.75. The second-order valence-electron chi connectivity index (χ2n) is 4.36. The zero-order valence-corrected chi connectivity index (χ0v) is 12.4. The van der Waals surface area contributed by atoms with Gasteiger partial charge in [-0.25, -0.2) is 9.18 Å². The number of benzene rings is 1. The molecule has 0 aliphatic carbocycles. The number of aromatic carboxylic acids is 1. The molecule has 6 heteroatoms. The monoisotopic (exact) mass is 339 g/mol. The Bertz CT molecular complexity index is 768. The van der Waals surface area contributed by atoms with E-state index in [9.17, 15) is 19.1 Å². The number of carbonyl (C=O) groups is 1. The van der Waals surface area contributed by atoms with Crippen LogP contribution in [0.3, 0.4) is 0 Å². The van der Waals surface area contributed by atoms with E-state index in [1.807, 2.05) is 0 Å². The lowest BCUT2D eigenvalue weighted by Gasteiger charge is -2.15. The first-order valence-corrected chi connectivity index (χ1v) is 6.54. The minimum absolute atomic E-state index is 0.0702. The van der Waals surface area contributed by atoms with Crippen LogP contribution in [0.1, 0.15) is 21.6 Å². The Kier molecular flexibility index (Phi) is 3.76. The SMILES string of the molecule is Cc1cc(=O)n(-c2ccc(F)cc2Br)c(C)c1C(=O)O. The highest BCUT2D eigenvalue weighted by molar-refractivity contribution is 9.10. The quantitative estimate of drug-likeness (QED) is 0.914. The van der Waals surface area contributed by atoms with Crippen LogP contribution in [0.4, 0.5) is 4.39 Å². The highest BCUT2D eigenvalue weighted by Crippen LogP contribution is 2.23. The van der Waals surface area contributed by atoms with E-state index in [1.54, 1.807) is 13.8 Å². The van der Waals surface area contributed by atoms with Crippen molar-refractivity contribution in [3.63, 3.8) is 0 Å². The maximum absolute atomic E-state index is 13.1. The number of hydrogen-bond donors (Lipinski definition) is 1. The molecule has 0 aliphatic rings. The summed E-state index contributed by atoms with van der Waals surface area (Å²) in [4.78, 5) is 23.4. The molecule has 0 fully saturated rings. The Morgan fingerprint density at radius 1 is 1.30 bits per heavy atom. The van der Waals surface area contributed by atoms with Crippen molar-refractivity contribution in [3.8, 4) is 5.69 Å². The number of halogens is 2. The molecule has 0 aliphatic heterocycles. The van der Waals surface area contributed by atoms with E-state index in [-0.39, 0.29) is 11.1 Å². The Morgan fingerprint density at radius 3 is 2.50 bits per heavy atom. The van der Waals surface area contributed by atoms with Crippen LogP contribution in [0.2, 0.25) is 0 Å².